The van der Waals surface area contributed by atoms with Gasteiger partial charge in [0.2, 0.25) is 5.95 Å². The van der Waals surface area contributed by atoms with E-state index < -0.39 is 12.0 Å². The summed E-state index contributed by atoms with van der Waals surface area (Å²) < 4.78 is 1.43. The maximum absolute atomic E-state index is 13.5. The van der Waals surface area contributed by atoms with E-state index in [1.54, 1.807) is 37.6 Å². The van der Waals surface area contributed by atoms with E-state index in [0.29, 0.717) is 59.7 Å². The molecule has 0 aromatic carbocycles. The molecule has 4 aromatic rings. The van der Waals surface area contributed by atoms with Crippen molar-refractivity contribution in [2.75, 3.05) is 41.3 Å². The Morgan fingerprint density at radius 2 is 1.72 bits per heavy atom. The quantitative estimate of drug-likeness (QED) is 0.329. The summed E-state index contributed by atoms with van der Waals surface area (Å²) in [5, 5.41) is 13.2. The zero-order chi connectivity index (χ0) is 27.8. The lowest BCUT2D eigenvalue weighted by Gasteiger charge is -2.36. The molecule has 0 radical (unpaired) electrons. The van der Waals surface area contributed by atoms with Crippen LogP contribution < -0.4 is 20.7 Å². The first-order valence-corrected chi connectivity index (χ1v) is 13.1. The number of hydrogen-bond acceptors (Lipinski definition) is 9. The van der Waals surface area contributed by atoms with Gasteiger partial charge in [-0.3, -0.25) is 9.20 Å². The lowest BCUT2D eigenvalue weighted by atomic mass is 10.1. The number of carboxylic acid groups (broad SMARTS) is 1. The third kappa shape index (κ3) is 5.32. The Bertz CT molecular complexity index is 1620. The molecule has 11 nitrogen and oxygen atoms in total. The van der Waals surface area contributed by atoms with Crippen molar-refractivity contribution in [3.05, 3.63) is 79.7 Å². The Balaban J connectivity index is 1.49. The first-order valence-electron chi connectivity index (χ1n) is 12.3. The minimum absolute atomic E-state index is 0.0705. The molecule has 202 valence electrons. The van der Waals surface area contributed by atoms with Gasteiger partial charge in [-0.2, -0.15) is 0 Å². The van der Waals surface area contributed by atoms with Crippen molar-refractivity contribution in [2.45, 2.75) is 26.8 Å². The van der Waals surface area contributed by atoms with E-state index in [-0.39, 0.29) is 22.1 Å². The van der Waals surface area contributed by atoms with Gasteiger partial charge in [0, 0.05) is 50.3 Å². The van der Waals surface area contributed by atoms with E-state index in [0.717, 1.165) is 5.56 Å². The summed E-state index contributed by atoms with van der Waals surface area (Å²) in [4.78, 5) is 47.1. The smallest absolute Gasteiger partial charge is 0.356 e. The Labute approximate surface area is 234 Å². The van der Waals surface area contributed by atoms with E-state index in [1.807, 2.05) is 13.8 Å². The highest BCUT2D eigenvalue weighted by Gasteiger charge is 2.25. The summed E-state index contributed by atoms with van der Waals surface area (Å²) in [5.74, 6) is 0.0583. The van der Waals surface area contributed by atoms with E-state index in [2.05, 4.69) is 30.1 Å². The van der Waals surface area contributed by atoms with Crippen molar-refractivity contribution in [2.24, 2.45) is 0 Å². The van der Waals surface area contributed by atoms with Crippen molar-refractivity contribution in [3.8, 4) is 0 Å². The molecule has 1 atom stereocenters. The molecule has 5 heterocycles. The number of hydrogen-bond donors (Lipinski definition) is 2. The fourth-order valence-electron chi connectivity index (χ4n) is 4.63. The molecule has 1 aliphatic heterocycles. The number of pyridine rings is 2. The van der Waals surface area contributed by atoms with Crippen LogP contribution in [0.2, 0.25) is 10.2 Å². The molecule has 1 aliphatic rings. The van der Waals surface area contributed by atoms with Gasteiger partial charge in [0.25, 0.3) is 5.56 Å². The molecule has 0 unspecified atom stereocenters. The summed E-state index contributed by atoms with van der Waals surface area (Å²) in [7, 11) is 0. The number of fused-ring (bicyclic) bond motifs is 1. The molecule has 0 amide bonds. The van der Waals surface area contributed by atoms with Gasteiger partial charge in [-0.15, -0.1) is 0 Å². The topological polar surface area (TPSA) is 129 Å². The predicted molar refractivity (Wildman–Crippen MR) is 151 cm³/mol. The van der Waals surface area contributed by atoms with E-state index in [4.69, 9.17) is 28.2 Å². The maximum atomic E-state index is 13.5. The van der Waals surface area contributed by atoms with Crippen molar-refractivity contribution in [1.29, 1.82) is 0 Å². The number of piperazine rings is 1. The fourth-order valence-corrected chi connectivity index (χ4v) is 4.99. The summed E-state index contributed by atoms with van der Waals surface area (Å²) >= 11 is 12.3. The molecule has 1 fully saturated rings. The monoisotopic (exact) mass is 568 g/mol. The van der Waals surface area contributed by atoms with Crippen LogP contribution in [0.5, 0.6) is 0 Å². The molecule has 0 aliphatic carbocycles. The number of nitrogens with one attached hydrogen (secondary N) is 1. The van der Waals surface area contributed by atoms with Gasteiger partial charge < -0.3 is 20.2 Å². The maximum Gasteiger partial charge on any atom is 0.356 e. The van der Waals surface area contributed by atoms with Crippen LogP contribution in [0.15, 0.2) is 41.6 Å². The molecule has 4 aromatic heterocycles. The minimum atomic E-state index is -1.22. The normalized spacial score (nSPS) is 14.5. The predicted octanol–water partition coefficient (Wildman–Crippen LogP) is 4.00. The number of carbonyl (C=O) groups is 1. The van der Waals surface area contributed by atoms with E-state index >= 15 is 0 Å². The number of nitrogens with zero attached hydrogens (tertiary/aromatic N) is 7. The lowest BCUT2D eigenvalue weighted by molar-refractivity contribution is 0.0691. The van der Waals surface area contributed by atoms with Crippen molar-refractivity contribution in [1.82, 2.24) is 24.3 Å². The van der Waals surface area contributed by atoms with Gasteiger partial charge in [-0.05, 0) is 44.5 Å². The Hall–Kier alpha value is -3.96. The minimum Gasteiger partial charge on any atom is -0.476 e. The molecule has 0 bridgehead atoms. The zero-order valence-corrected chi connectivity index (χ0v) is 23.0. The zero-order valence-electron chi connectivity index (χ0n) is 21.5. The second kappa shape index (κ2) is 10.7. The summed E-state index contributed by atoms with van der Waals surface area (Å²) in [5.41, 5.74) is 2.40. The number of aryl methyl sites for hydroxylation is 1. The number of halogens is 2. The summed E-state index contributed by atoms with van der Waals surface area (Å²) in [6.07, 6.45) is 5.14. The number of rotatable bonds is 6. The fraction of sp³-hybridized carbons (Fsp3) is 0.308. The molecule has 2 N–H and O–H groups in total. The molecule has 13 heteroatoms. The van der Waals surface area contributed by atoms with Gasteiger partial charge >= 0.3 is 5.97 Å². The van der Waals surface area contributed by atoms with Gasteiger partial charge in [-0.25, -0.2) is 24.7 Å². The Kier molecular flexibility index (Phi) is 7.28. The molecule has 5 rings (SSSR count). The standard InChI is InChI=1S/C26H26Cl2N8O3/c1-14-11-29-26(30-12-14)35-8-6-34(7-9-35)22-15(2)24(37)36-13-17(27)10-18(23(36)33-22)16(3)31-19-4-5-20(28)32-21(19)25(38)39/h4-5,10-13,16,31H,6-9H2,1-3H3,(H,38,39)/t16-/m1/s1. The molecule has 0 spiro atoms. The number of anilines is 3. The lowest BCUT2D eigenvalue weighted by Crippen LogP contribution is -2.48. The van der Waals surface area contributed by atoms with Crippen LogP contribution in [-0.2, 0) is 0 Å². The van der Waals surface area contributed by atoms with Crippen LogP contribution in [-0.4, -0.2) is 61.6 Å². The Morgan fingerprint density at radius 1 is 1.05 bits per heavy atom. The van der Waals surface area contributed by atoms with Crippen molar-refractivity contribution in [3.63, 3.8) is 0 Å². The summed E-state index contributed by atoms with van der Waals surface area (Å²) in [6, 6.07) is 4.30. The van der Waals surface area contributed by atoms with Gasteiger partial charge in [0.1, 0.15) is 16.6 Å². The average Bonchev–Trinajstić information content (AvgIpc) is 2.92. The van der Waals surface area contributed by atoms with Crippen LogP contribution in [0, 0.1) is 13.8 Å². The molecular weight excluding hydrogens is 543 g/mol. The van der Waals surface area contributed by atoms with Crippen LogP contribution in [0.3, 0.4) is 0 Å². The van der Waals surface area contributed by atoms with Gasteiger partial charge in [0.05, 0.1) is 22.3 Å². The number of aromatic carboxylic acids is 1. The van der Waals surface area contributed by atoms with Crippen molar-refractivity contribution < 1.29 is 9.90 Å². The summed E-state index contributed by atoms with van der Waals surface area (Å²) in [6.45, 7) is 8.16. The van der Waals surface area contributed by atoms with Crippen LogP contribution in [0.1, 0.15) is 40.1 Å². The second-order valence-corrected chi connectivity index (χ2v) is 10.2. The van der Waals surface area contributed by atoms with Crippen molar-refractivity contribution >= 4 is 52.3 Å². The molecule has 0 saturated carbocycles. The van der Waals surface area contributed by atoms with E-state index in [1.165, 1.54) is 10.5 Å². The number of carboxylic acids is 1. The number of aromatic nitrogens is 5. The highest BCUT2D eigenvalue weighted by Crippen LogP contribution is 2.29. The van der Waals surface area contributed by atoms with Gasteiger partial charge in [-0.1, -0.05) is 23.2 Å². The SMILES string of the molecule is Cc1cnc(N2CCN(c3nc4c([C@@H](C)Nc5ccc(Cl)nc5C(=O)O)cc(Cl)cn4c(=O)c3C)CC2)nc1. The van der Waals surface area contributed by atoms with Crippen LogP contribution >= 0.6 is 23.2 Å². The molecule has 1 saturated heterocycles. The van der Waals surface area contributed by atoms with E-state index in [9.17, 15) is 14.7 Å². The average molecular weight is 569 g/mol. The largest absolute Gasteiger partial charge is 0.476 e. The van der Waals surface area contributed by atoms with Crippen LogP contribution in [0.4, 0.5) is 17.5 Å². The third-order valence-corrected chi connectivity index (χ3v) is 7.07. The van der Waals surface area contributed by atoms with Gasteiger partial charge in [0.15, 0.2) is 5.69 Å². The second-order valence-electron chi connectivity index (χ2n) is 9.41. The molecular formula is C26H26Cl2N8O3. The highest BCUT2D eigenvalue weighted by molar-refractivity contribution is 6.30. The third-order valence-electron chi connectivity index (χ3n) is 6.65. The van der Waals surface area contributed by atoms with Crippen LogP contribution in [0.25, 0.3) is 5.65 Å². The Morgan fingerprint density at radius 3 is 2.38 bits per heavy atom. The first kappa shape index (κ1) is 26.6. The first-order chi connectivity index (χ1) is 18.6. The molecule has 39 heavy (non-hydrogen) atoms. The highest BCUT2D eigenvalue weighted by atomic mass is 35.5.